The third-order valence-electron chi connectivity index (χ3n) is 4.71. The number of Topliss-reactive ketones (excluding diaryl/α,β-unsaturated/α-hetero) is 1. The number of carbonyl (C=O) groups excluding carboxylic acids is 1. The molecule has 0 spiro atoms. The van der Waals surface area contributed by atoms with Gasteiger partial charge in [-0.3, -0.25) is 9.59 Å². The molecule has 0 aromatic heterocycles. The fourth-order valence-electron chi connectivity index (χ4n) is 3.22. The Bertz CT molecular complexity index is 469. The van der Waals surface area contributed by atoms with Gasteiger partial charge in [-0.2, -0.15) is 0 Å². The maximum absolute atomic E-state index is 12.1. The summed E-state index contributed by atoms with van der Waals surface area (Å²) in [6.45, 7) is 2.11. The van der Waals surface area contributed by atoms with E-state index in [0.717, 1.165) is 19.3 Å². The lowest BCUT2D eigenvalue weighted by Crippen LogP contribution is -2.18. The van der Waals surface area contributed by atoms with Crippen LogP contribution in [0.5, 0.6) is 0 Å². The Kier molecular flexibility index (Phi) is 10.3. The second kappa shape index (κ2) is 12.0. The Labute approximate surface area is 150 Å². The molecule has 4 atom stereocenters. The number of allylic oxidation sites excluding steroid dienone is 2. The minimum absolute atomic E-state index is 0.0535. The molecule has 5 heteroatoms. The van der Waals surface area contributed by atoms with Crippen LogP contribution in [0.4, 0.5) is 0 Å². The topological polar surface area (TPSA) is 94.8 Å². The van der Waals surface area contributed by atoms with E-state index in [0.29, 0.717) is 25.7 Å². The van der Waals surface area contributed by atoms with Crippen LogP contribution in [0, 0.1) is 11.8 Å². The van der Waals surface area contributed by atoms with Crippen molar-refractivity contribution in [2.75, 3.05) is 0 Å². The summed E-state index contributed by atoms with van der Waals surface area (Å²) >= 11 is 0. The molecule has 0 aromatic carbocycles. The highest BCUT2D eigenvalue weighted by atomic mass is 16.4. The molecule has 0 unspecified atom stereocenters. The van der Waals surface area contributed by atoms with Crippen LogP contribution in [-0.2, 0) is 9.59 Å². The highest BCUT2D eigenvalue weighted by Gasteiger charge is 2.39. The summed E-state index contributed by atoms with van der Waals surface area (Å²) < 4.78 is 0. The van der Waals surface area contributed by atoms with Crippen LogP contribution in [0.25, 0.3) is 0 Å². The number of carboxylic acids is 1. The van der Waals surface area contributed by atoms with Crippen LogP contribution >= 0.6 is 0 Å². The lowest BCUT2D eigenvalue weighted by Gasteiger charge is -2.16. The molecule has 0 saturated heterocycles. The number of carbonyl (C=O) groups is 2. The Hall–Kier alpha value is -1.46. The van der Waals surface area contributed by atoms with Gasteiger partial charge in [-0.05, 0) is 25.7 Å². The van der Waals surface area contributed by atoms with E-state index in [2.05, 4.69) is 6.92 Å². The number of hydrogen-bond acceptors (Lipinski definition) is 4. The second-order valence-electron chi connectivity index (χ2n) is 6.86. The van der Waals surface area contributed by atoms with Gasteiger partial charge in [0.05, 0.1) is 12.2 Å². The van der Waals surface area contributed by atoms with Crippen LogP contribution in [0.2, 0.25) is 0 Å². The minimum atomic E-state index is -0.801. The van der Waals surface area contributed by atoms with E-state index in [4.69, 9.17) is 5.11 Å². The SMILES string of the molecule is CCCCC[C@@H](O)C=C[C@H]1[C@H](CC=CCCCC(=O)O)C(=O)C[C@@H]1O. The third-order valence-corrected chi connectivity index (χ3v) is 4.71. The zero-order valence-electron chi connectivity index (χ0n) is 15.1. The molecule has 0 bridgehead atoms. The molecule has 1 aliphatic rings. The number of carboxylic acid groups (broad SMARTS) is 1. The van der Waals surface area contributed by atoms with Gasteiger partial charge < -0.3 is 15.3 Å². The normalized spacial score (nSPS) is 25.2. The summed E-state index contributed by atoms with van der Waals surface area (Å²) in [5.41, 5.74) is 0. The van der Waals surface area contributed by atoms with Gasteiger partial charge in [-0.25, -0.2) is 0 Å². The zero-order chi connectivity index (χ0) is 18.7. The number of ketones is 1. The highest BCUT2D eigenvalue weighted by molar-refractivity contribution is 5.84. The van der Waals surface area contributed by atoms with Crippen molar-refractivity contribution >= 4 is 11.8 Å². The molecule has 0 amide bonds. The van der Waals surface area contributed by atoms with Crippen molar-refractivity contribution in [2.24, 2.45) is 11.8 Å². The van der Waals surface area contributed by atoms with E-state index < -0.39 is 18.2 Å². The van der Waals surface area contributed by atoms with Gasteiger partial charge in [-0.15, -0.1) is 0 Å². The molecule has 3 N–H and O–H groups in total. The summed E-state index contributed by atoms with van der Waals surface area (Å²) in [4.78, 5) is 22.5. The lowest BCUT2D eigenvalue weighted by molar-refractivity contribution is -0.137. The zero-order valence-corrected chi connectivity index (χ0v) is 15.1. The first-order chi connectivity index (χ1) is 12.0. The molecule has 142 valence electrons. The van der Waals surface area contributed by atoms with E-state index in [9.17, 15) is 19.8 Å². The molecular formula is C20H32O5. The van der Waals surface area contributed by atoms with Gasteiger partial charge in [0.2, 0.25) is 0 Å². The Morgan fingerprint density at radius 2 is 2.04 bits per heavy atom. The molecule has 0 heterocycles. The number of aliphatic hydroxyl groups excluding tert-OH is 2. The first-order valence-corrected chi connectivity index (χ1v) is 9.39. The van der Waals surface area contributed by atoms with E-state index >= 15 is 0 Å². The van der Waals surface area contributed by atoms with Gasteiger partial charge in [0.15, 0.2) is 0 Å². The largest absolute Gasteiger partial charge is 0.481 e. The Morgan fingerprint density at radius 3 is 2.72 bits per heavy atom. The van der Waals surface area contributed by atoms with Gasteiger partial charge in [-0.1, -0.05) is 50.5 Å². The van der Waals surface area contributed by atoms with E-state index in [1.807, 2.05) is 12.2 Å². The predicted octanol–water partition coefficient (Wildman–Crippen LogP) is 3.25. The number of aliphatic carboxylic acids is 1. The van der Waals surface area contributed by atoms with E-state index in [-0.39, 0.29) is 30.5 Å². The Balaban J connectivity index is 2.48. The maximum Gasteiger partial charge on any atom is 0.303 e. The molecule has 0 aromatic rings. The summed E-state index contributed by atoms with van der Waals surface area (Å²) in [7, 11) is 0. The highest BCUT2D eigenvalue weighted by Crippen LogP contribution is 2.33. The van der Waals surface area contributed by atoms with Gasteiger partial charge in [0.1, 0.15) is 5.78 Å². The quantitative estimate of drug-likeness (QED) is 0.370. The smallest absolute Gasteiger partial charge is 0.303 e. The van der Waals surface area contributed by atoms with E-state index in [1.54, 1.807) is 12.2 Å². The van der Waals surface area contributed by atoms with Crippen LogP contribution in [0.1, 0.15) is 64.7 Å². The first kappa shape index (κ1) is 21.6. The molecule has 1 fully saturated rings. The minimum Gasteiger partial charge on any atom is -0.481 e. The maximum atomic E-state index is 12.1. The summed E-state index contributed by atoms with van der Waals surface area (Å²) in [6.07, 6.45) is 12.1. The van der Waals surface area contributed by atoms with Crippen molar-refractivity contribution in [3.63, 3.8) is 0 Å². The first-order valence-electron chi connectivity index (χ1n) is 9.39. The number of unbranched alkanes of at least 4 members (excludes halogenated alkanes) is 3. The second-order valence-corrected chi connectivity index (χ2v) is 6.86. The molecule has 0 radical (unpaired) electrons. The van der Waals surface area contributed by atoms with Crippen molar-refractivity contribution in [3.05, 3.63) is 24.3 Å². The third kappa shape index (κ3) is 8.45. The number of hydrogen-bond donors (Lipinski definition) is 3. The summed E-state index contributed by atoms with van der Waals surface area (Å²) in [6, 6.07) is 0. The summed E-state index contributed by atoms with van der Waals surface area (Å²) in [5.74, 6) is -1.26. The van der Waals surface area contributed by atoms with Gasteiger partial charge in [0, 0.05) is 24.7 Å². The fourth-order valence-corrected chi connectivity index (χ4v) is 3.22. The van der Waals surface area contributed by atoms with Crippen LogP contribution in [-0.4, -0.2) is 39.3 Å². The van der Waals surface area contributed by atoms with Crippen molar-refractivity contribution in [3.8, 4) is 0 Å². The summed E-state index contributed by atoms with van der Waals surface area (Å²) in [5, 5.41) is 28.7. The molecule has 5 nitrogen and oxygen atoms in total. The van der Waals surface area contributed by atoms with Gasteiger partial charge in [0.25, 0.3) is 0 Å². The molecule has 1 rings (SSSR count). The van der Waals surface area contributed by atoms with Crippen molar-refractivity contribution in [2.45, 2.75) is 76.9 Å². The Morgan fingerprint density at radius 1 is 1.28 bits per heavy atom. The number of rotatable bonds is 12. The van der Waals surface area contributed by atoms with Crippen molar-refractivity contribution in [1.29, 1.82) is 0 Å². The molecule has 1 aliphatic carbocycles. The van der Waals surface area contributed by atoms with Crippen molar-refractivity contribution < 1.29 is 24.9 Å². The van der Waals surface area contributed by atoms with Crippen LogP contribution < -0.4 is 0 Å². The average Bonchev–Trinajstić information content (AvgIpc) is 2.82. The molecule has 25 heavy (non-hydrogen) atoms. The molecule has 0 aliphatic heterocycles. The fraction of sp³-hybridized carbons (Fsp3) is 0.700. The van der Waals surface area contributed by atoms with Gasteiger partial charge >= 0.3 is 5.97 Å². The number of aliphatic hydroxyl groups is 2. The predicted molar refractivity (Wildman–Crippen MR) is 97.1 cm³/mol. The molecular weight excluding hydrogens is 320 g/mol. The average molecular weight is 352 g/mol. The van der Waals surface area contributed by atoms with Crippen LogP contribution in [0.15, 0.2) is 24.3 Å². The monoisotopic (exact) mass is 352 g/mol. The lowest BCUT2D eigenvalue weighted by atomic mass is 9.90. The van der Waals surface area contributed by atoms with E-state index in [1.165, 1.54) is 0 Å². The van der Waals surface area contributed by atoms with Crippen LogP contribution in [0.3, 0.4) is 0 Å². The standard InChI is InChI=1S/C20H32O5/c1-2-3-6-9-15(21)12-13-17-16(18(22)14-19(17)23)10-7-4-5-8-11-20(24)25/h4,7,12-13,15-17,19,21,23H,2-3,5-6,8-11,14H2,1H3,(H,24,25)/t15-,16+,17+,19+/m1/s1. The molecule has 1 saturated carbocycles. The van der Waals surface area contributed by atoms with Crippen molar-refractivity contribution in [1.82, 2.24) is 0 Å².